The van der Waals surface area contributed by atoms with Gasteiger partial charge in [0.05, 0.1) is 0 Å². The van der Waals surface area contributed by atoms with Gasteiger partial charge in [0.1, 0.15) is 16.6 Å². The smallest absolute Gasteiger partial charge is 0.138 e. The Labute approximate surface area is 81.1 Å². The summed E-state index contributed by atoms with van der Waals surface area (Å²) in [6, 6.07) is 0. The van der Waals surface area contributed by atoms with E-state index >= 15 is 0 Å². The molecule has 0 unspecified atom stereocenters. The highest BCUT2D eigenvalue weighted by atomic mass is 35.5. The van der Waals surface area contributed by atoms with Gasteiger partial charge in [-0.25, -0.2) is 9.97 Å². The number of aromatic nitrogens is 2. The number of nitrogens with zero attached hydrogens (tertiary/aromatic N) is 2. The number of hydrogen-bond donors (Lipinski definition) is 1. The summed E-state index contributed by atoms with van der Waals surface area (Å²) in [7, 11) is 0. The molecule has 0 fully saturated rings. The van der Waals surface area contributed by atoms with E-state index in [-0.39, 0.29) is 0 Å². The summed E-state index contributed by atoms with van der Waals surface area (Å²) in [4.78, 5) is 7.65. The minimum atomic E-state index is 0.413. The topological polar surface area (TPSA) is 37.8 Å². The third-order valence-corrected chi connectivity index (χ3v) is 2.04. The highest BCUT2D eigenvalue weighted by Crippen LogP contribution is 2.18. The molecule has 0 saturated heterocycles. The molecule has 0 atom stereocenters. The van der Waals surface area contributed by atoms with Crippen molar-refractivity contribution >= 4 is 23.2 Å². The molecule has 0 bridgehead atoms. The van der Waals surface area contributed by atoms with Crippen LogP contribution in [0.25, 0.3) is 0 Å². The molecule has 1 aromatic rings. The fourth-order valence-corrected chi connectivity index (χ4v) is 1.22. The van der Waals surface area contributed by atoms with Gasteiger partial charge in [-0.2, -0.15) is 0 Å². The molecule has 0 aromatic carbocycles. The summed E-state index contributed by atoms with van der Waals surface area (Å²) >= 11 is 11.6. The van der Waals surface area contributed by atoms with Crippen molar-refractivity contribution in [2.75, 3.05) is 6.54 Å². The normalized spacial score (nSPS) is 10.2. The number of hydrogen-bond acceptors (Lipinski definition) is 3. The first-order valence-electron chi connectivity index (χ1n) is 3.61. The molecule has 0 amide bonds. The van der Waals surface area contributed by atoms with Crippen LogP contribution in [0.3, 0.4) is 0 Å². The monoisotopic (exact) mass is 205 g/mol. The first kappa shape index (κ1) is 9.71. The van der Waals surface area contributed by atoms with Crippen LogP contribution in [0.1, 0.15) is 12.5 Å². The van der Waals surface area contributed by atoms with Crippen LogP contribution < -0.4 is 5.32 Å². The molecule has 0 spiro atoms. The molecule has 0 aliphatic carbocycles. The number of nitrogens with one attached hydrogen (secondary N) is 1. The fraction of sp³-hybridized carbons (Fsp3) is 0.429. The maximum Gasteiger partial charge on any atom is 0.138 e. The zero-order valence-corrected chi connectivity index (χ0v) is 8.15. The van der Waals surface area contributed by atoms with Gasteiger partial charge >= 0.3 is 0 Å². The highest BCUT2D eigenvalue weighted by molar-refractivity contribution is 6.34. The number of halogens is 2. The van der Waals surface area contributed by atoms with Gasteiger partial charge in [0.15, 0.2) is 0 Å². The maximum atomic E-state index is 5.79. The van der Waals surface area contributed by atoms with Crippen molar-refractivity contribution in [3.63, 3.8) is 0 Å². The average molecular weight is 206 g/mol. The van der Waals surface area contributed by atoms with Crippen LogP contribution >= 0.6 is 23.2 Å². The predicted octanol–water partition coefficient (Wildman–Crippen LogP) is 1.89. The Balaban J connectivity index is 2.81. The van der Waals surface area contributed by atoms with Gasteiger partial charge in [-0.1, -0.05) is 30.1 Å². The summed E-state index contributed by atoms with van der Waals surface area (Å²) in [6.07, 6.45) is 1.35. The van der Waals surface area contributed by atoms with E-state index in [1.165, 1.54) is 6.33 Å². The minimum Gasteiger partial charge on any atom is -0.313 e. The van der Waals surface area contributed by atoms with E-state index in [0.717, 1.165) is 12.1 Å². The lowest BCUT2D eigenvalue weighted by atomic mass is 10.3. The van der Waals surface area contributed by atoms with Crippen LogP contribution in [-0.4, -0.2) is 16.5 Å². The van der Waals surface area contributed by atoms with Crippen LogP contribution in [0.5, 0.6) is 0 Å². The van der Waals surface area contributed by atoms with Crippen molar-refractivity contribution in [1.29, 1.82) is 0 Å². The average Bonchev–Trinajstić information content (AvgIpc) is 2.04. The van der Waals surface area contributed by atoms with Crippen molar-refractivity contribution in [2.45, 2.75) is 13.5 Å². The Bertz CT molecular complexity index is 245. The van der Waals surface area contributed by atoms with E-state index in [1.807, 2.05) is 6.92 Å². The van der Waals surface area contributed by atoms with Gasteiger partial charge in [-0.3, -0.25) is 0 Å². The molecule has 1 heterocycles. The van der Waals surface area contributed by atoms with Crippen LogP contribution in [0.15, 0.2) is 6.33 Å². The van der Waals surface area contributed by atoms with Gasteiger partial charge < -0.3 is 5.32 Å². The Kier molecular flexibility index (Phi) is 3.72. The zero-order valence-electron chi connectivity index (χ0n) is 6.64. The second-order valence-corrected chi connectivity index (χ2v) is 2.93. The van der Waals surface area contributed by atoms with Crippen molar-refractivity contribution in [3.05, 3.63) is 22.2 Å². The zero-order chi connectivity index (χ0) is 8.97. The largest absolute Gasteiger partial charge is 0.313 e. The fourth-order valence-electron chi connectivity index (χ4n) is 0.767. The maximum absolute atomic E-state index is 5.79. The third-order valence-electron chi connectivity index (χ3n) is 1.39. The molecule has 1 aromatic heterocycles. The molecule has 1 rings (SSSR count). The van der Waals surface area contributed by atoms with E-state index in [9.17, 15) is 0 Å². The highest BCUT2D eigenvalue weighted by Gasteiger charge is 2.05. The van der Waals surface area contributed by atoms with E-state index in [2.05, 4.69) is 15.3 Å². The lowest BCUT2D eigenvalue weighted by molar-refractivity contribution is 0.721. The second-order valence-electron chi connectivity index (χ2n) is 2.21. The van der Waals surface area contributed by atoms with Crippen molar-refractivity contribution < 1.29 is 0 Å². The van der Waals surface area contributed by atoms with E-state index < -0.39 is 0 Å². The van der Waals surface area contributed by atoms with Gasteiger partial charge in [0.25, 0.3) is 0 Å². The van der Waals surface area contributed by atoms with Crippen LogP contribution in [0, 0.1) is 0 Å². The molecule has 0 aliphatic rings. The molecule has 5 heteroatoms. The van der Waals surface area contributed by atoms with Crippen molar-refractivity contribution in [2.24, 2.45) is 0 Å². The molecule has 1 N–H and O–H groups in total. The molecular weight excluding hydrogens is 197 g/mol. The summed E-state index contributed by atoms with van der Waals surface area (Å²) in [5.41, 5.74) is 0.752. The Hall–Kier alpha value is -0.380. The molecule has 3 nitrogen and oxygen atoms in total. The Morgan fingerprint density at radius 2 is 1.92 bits per heavy atom. The van der Waals surface area contributed by atoms with Gasteiger partial charge in [0.2, 0.25) is 0 Å². The molecular formula is C7H9Cl2N3. The first-order valence-corrected chi connectivity index (χ1v) is 4.37. The SMILES string of the molecule is CCNCc1c(Cl)ncnc1Cl. The summed E-state index contributed by atoms with van der Waals surface area (Å²) in [5, 5.41) is 3.92. The molecule has 66 valence electrons. The quantitative estimate of drug-likeness (QED) is 0.767. The summed E-state index contributed by atoms with van der Waals surface area (Å²) in [5.74, 6) is 0. The lowest BCUT2D eigenvalue weighted by Crippen LogP contribution is -2.13. The molecule has 12 heavy (non-hydrogen) atoms. The minimum absolute atomic E-state index is 0.413. The van der Waals surface area contributed by atoms with E-state index in [1.54, 1.807) is 0 Å². The molecule has 0 radical (unpaired) electrons. The van der Waals surface area contributed by atoms with Gasteiger partial charge in [-0.15, -0.1) is 0 Å². The third kappa shape index (κ3) is 2.30. The number of rotatable bonds is 3. The van der Waals surface area contributed by atoms with E-state index in [0.29, 0.717) is 16.9 Å². The van der Waals surface area contributed by atoms with Crippen molar-refractivity contribution in [3.8, 4) is 0 Å². The van der Waals surface area contributed by atoms with Crippen LogP contribution in [0.4, 0.5) is 0 Å². The van der Waals surface area contributed by atoms with Gasteiger partial charge in [-0.05, 0) is 6.54 Å². The summed E-state index contributed by atoms with van der Waals surface area (Å²) in [6.45, 7) is 3.47. The van der Waals surface area contributed by atoms with Crippen LogP contribution in [-0.2, 0) is 6.54 Å². The first-order chi connectivity index (χ1) is 5.75. The Morgan fingerprint density at radius 3 is 2.42 bits per heavy atom. The van der Waals surface area contributed by atoms with Crippen molar-refractivity contribution in [1.82, 2.24) is 15.3 Å². The predicted molar refractivity (Wildman–Crippen MR) is 49.4 cm³/mol. The standard InChI is InChI=1S/C7H9Cl2N3/c1-2-10-3-5-6(8)11-4-12-7(5)9/h4,10H,2-3H2,1H3. The van der Waals surface area contributed by atoms with Crippen LogP contribution in [0.2, 0.25) is 10.3 Å². The Morgan fingerprint density at radius 1 is 1.33 bits per heavy atom. The second kappa shape index (κ2) is 4.60. The molecule has 0 saturated carbocycles. The van der Waals surface area contributed by atoms with E-state index in [4.69, 9.17) is 23.2 Å². The lowest BCUT2D eigenvalue weighted by Gasteiger charge is -2.04. The molecule has 0 aliphatic heterocycles. The summed E-state index contributed by atoms with van der Waals surface area (Å²) < 4.78 is 0. The van der Waals surface area contributed by atoms with Gasteiger partial charge in [0, 0.05) is 12.1 Å².